The molecule has 1 aliphatic rings. The number of hydrogen-bond acceptors (Lipinski definition) is 3. The van der Waals surface area contributed by atoms with Crippen molar-refractivity contribution in [1.82, 2.24) is 14.7 Å². The fourth-order valence-corrected chi connectivity index (χ4v) is 2.31. The van der Waals surface area contributed by atoms with Crippen LogP contribution in [0, 0.1) is 0 Å². The molecule has 1 aliphatic heterocycles. The SMILES string of the molecule is CC(C)n1cc(NC2CCCN(C)CC2)cn1. The predicted octanol–water partition coefficient (Wildman–Crippen LogP) is 2.36. The fourth-order valence-electron chi connectivity index (χ4n) is 2.31. The van der Waals surface area contributed by atoms with E-state index in [0.29, 0.717) is 12.1 Å². The summed E-state index contributed by atoms with van der Waals surface area (Å²) in [7, 11) is 2.21. The maximum atomic E-state index is 4.36. The van der Waals surface area contributed by atoms with E-state index in [0.717, 1.165) is 5.69 Å². The Hall–Kier alpha value is -1.03. The molecule has 1 N–H and O–H groups in total. The Morgan fingerprint density at radius 2 is 2.18 bits per heavy atom. The molecule has 0 aliphatic carbocycles. The van der Waals surface area contributed by atoms with E-state index in [4.69, 9.17) is 0 Å². The first-order valence-corrected chi connectivity index (χ1v) is 6.64. The summed E-state index contributed by atoms with van der Waals surface area (Å²) in [6.45, 7) is 6.72. The monoisotopic (exact) mass is 236 g/mol. The molecule has 4 heteroatoms. The van der Waals surface area contributed by atoms with E-state index >= 15 is 0 Å². The number of aromatic nitrogens is 2. The molecule has 0 bridgehead atoms. The zero-order valence-electron chi connectivity index (χ0n) is 11.2. The molecule has 2 rings (SSSR count). The van der Waals surface area contributed by atoms with Gasteiger partial charge in [0, 0.05) is 18.3 Å². The molecule has 2 heterocycles. The minimum Gasteiger partial charge on any atom is -0.380 e. The highest BCUT2D eigenvalue weighted by molar-refractivity contribution is 5.39. The van der Waals surface area contributed by atoms with E-state index < -0.39 is 0 Å². The second kappa shape index (κ2) is 5.54. The third kappa shape index (κ3) is 3.46. The summed E-state index contributed by atoms with van der Waals surface area (Å²) in [5.41, 5.74) is 1.16. The van der Waals surface area contributed by atoms with Crippen molar-refractivity contribution in [3.63, 3.8) is 0 Å². The third-order valence-electron chi connectivity index (χ3n) is 3.45. The lowest BCUT2D eigenvalue weighted by molar-refractivity contribution is 0.348. The zero-order chi connectivity index (χ0) is 12.3. The van der Waals surface area contributed by atoms with Crippen LogP contribution in [0.2, 0.25) is 0 Å². The Balaban J connectivity index is 1.90. The van der Waals surface area contributed by atoms with Gasteiger partial charge in [-0.05, 0) is 53.2 Å². The van der Waals surface area contributed by atoms with E-state index in [2.05, 4.69) is 42.4 Å². The standard InChI is InChI=1S/C13H24N4/c1-11(2)17-10-13(9-14-17)15-12-5-4-7-16(3)8-6-12/h9-12,15H,4-8H2,1-3H3. The average Bonchev–Trinajstić information content (AvgIpc) is 2.65. The minimum absolute atomic E-state index is 0.436. The van der Waals surface area contributed by atoms with Crippen molar-refractivity contribution < 1.29 is 0 Å². The van der Waals surface area contributed by atoms with Gasteiger partial charge in [-0.2, -0.15) is 5.10 Å². The molecule has 1 aromatic heterocycles. The third-order valence-corrected chi connectivity index (χ3v) is 3.45. The van der Waals surface area contributed by atoms with E-state index in [1.165, 1.54) is 32.4 Å². The van der Waals surface area contributed by atoms with Gasteiger partial charge < -0.3 is 10.2 Å². The number of nitrogens with one attached hydrogen (secondary N) is 1. The molecule has 1 aromatic rings. The van der Waals surface area contributed by atoms with Gasteiger partial charge in [0.25, 0.3) is 0 Å². The van der Waals surface area contributed by atoms with E-state index in [-0.39, 0.29) is 0 Å². The van der Waals surface area contributed by atoms with Crippen molar-refractivity contribution >= 4 is 5.69 Å². The van der Waals surface area contributed by atoms with Crippen LogP contribution >= 0.6 is 0 Å². The zero-order valence-corrected chi connectivity index (χ0v) is 11.2. The van der Waals surface area contributed by atoms with Gasteiger partial charge in [0.15, 0.2) is 0 Å². The van der Waals surface area contributed by atoms with E-state index in [1.54, 1.807) is 0 Å². The topological polar surface area (TPSA) is 33.1 Å². The molecule has 0 aromatic carbocycles. The number of likely N-dealkylation sites (tertiary alicyclic amines) is 1. The molecule has 1 unspecified atom stereocenters. The summed E-state index contributed by atoms with van der Waals surface area (Å²) >= 11 is 0. The lowest BCUT2D eigenvalue weighted by Gasteiger charge is -2.16. The predicted molar refractivity (Wildman–Crippen MR) is 71.4 cm³/mol. The average molecular weight is 236 g/mol. The molecule has 0 amide bonds. The first-order chi connectivity index (χ1) is 8.15. The molecular formula is C13H24N4. The number of hydrogen-bond donors (Lipinski definition) is 1. The first kappa shape index (κ1) is 12.4. The summed E-state index contributed by atoms with van der Waals surface area (Å²) in [6.07, 6.45) is 7.82. The van der Waals surface area contributed by atoms with Gasteiger partial charge in [0.05, 0.1) is 11.9 Å². The van der Waals surface area contributed by atoms with Crippen LogP contribution in [0.25, 0.3) is 0 Å². The second-order valence-electron chi connectivity index (χ2n) is 5.38. The Labute approximate surface area is 104 Å². The van der Waals surface area contributed by atoms with Gasteiger partial charge in [0.1, 0.15) is 0 Å². The van der Waals surface area contributed by atoms with Crippen LogP contribution in [0.15, 0.2) is 12.4 Å². The van der Waals surface area contributed by atoms with Crippen LogP contribution in [0.5, 0.6) is 0 Å². The molecule has 1 atom stereocenters. The normalized spacial score (nSPS) is 22.7. The number of nitrogens with zero attached hydrogens (tertiary/aromatic N) is 3. The van der Waals surface area contributed by atoms with Gasteiger partial charge in [-0.3, -0.25) is 4.68 Å². The lowest BCUT2D eigenvalue weighted by atomic mass is 10.1. The highest BCUT2D eigenvalue weighted by Crippen LogP contribution is 2.17. The maximum absolute atomic E-state index is 4.36. The van der Waals surface area contributed by atoms with Crippen LogP contribution in [-0.4, -0.2) is 40.9 Å². The van der Waals surface area contributed by atoms with Crippen molar-refractivity contribution in [1.29, 1.82) is 0 Å². The van der Waals surface area contributed by atoms with Crippen LogP contribution in [0.4, 0.5) is 5.69 Å². The number of rotatable bonds is 3. The summed E-state index contributed by atoms with van der Waals surface area (Å²) in [5, 5.41) is 7.97. The molecule has 1 fully saturated rings. The van der Waals surface area contributed by atoms with Gasteiger partial charge in [-0.15, -0.1) is 0 Å². The summed E-state index contributed by atoms with van der Waals surface area (Å²) in [5.74, 6) is 0. The van der Waals surface area contributed by atoms with Crippen LogP contribution in [-0.2, 0) is 0 Å². The van der Waals surface area contributed by atoms with Crippen molar-refractivity contribution in [3.8, 4) is 0 Å². The highest BCUT2D eigenvalue weighted by atomic mass is 15.3. The highest BCUT2D eigenvalue weighted by Gasteiger charge is 2.15. The molecule has 0 radical (unpaired) electrons. The van der Waals surface area contributed by atoms with Gasteiger partial charge in [-0.1, -0.05) is 0 Å². The largest absolute Gasteiger partial charge is 0.380 e. The maximum Gasteiger partial charge on any atom is 0.0728 e. The van der Waals surface area contributed by atoms with Crippen molar-refractivity contribution in [2.75, 3.05) is 25.5 Å². The summed E-state index contributed by atoms with van der Waals surface area (Å²) < 4.78 is 2.01. The van der Waals surface area contributed by atoms with Crippen molar-refractivity contribution in [2.45, 2.75) is 45.2 Å². The number of anilines is 1. The molecule has 17 heavy (non-hydrogen) atoms. The molecule has 4 nitrogen and oxygen atoms in total. The van der Waals surface area contributed by atoms with Crippen LogP contribution < -0.4 is 5.32 Å². The smallest absolute Gasteiger partial charge is 0.0728 e. The molecule has 96 valence electrons. The van der Waals surface area contributed by atoms with E-state index in [9.17, 15) is 0 Å². The van der Waals surface area contributed by atoms with Crippen molar-refractivity contribution in [2.24, 2.45) is 0 Å². The Kier molecular flexibility index (Phi) is 4.05. The summed E-state index contributed by atoms with van der Waals surface area (Å²) in [6, 6.07) is 1.04. The Morgan fingerprint density at radius 1 is 1.35 bits per heavy atom. The second-order valence-corrected chi connectivity index (χ2v) is 5.38. The molecule has 0 saturated carbocycles. The summed E-state index contributed by atoms with van der Waals surface area (Å²) in [4.78, 5) is 2.42. The molecule has 0 spiro atoms. The fraction of sp³-hybridized carbons (Fsp3) is 0.769. The van der Waals surface area contributed by atoms with Crippen molar-refractivity contribution in [3.05, 3.63) is 12.4 Å². The van der Waals surface area contributed by atoms with Gasteiger partial charge >= 0.3 is 0 Å². The molecule has 1 saturated heterocycles. The first-order valence-electron chi connectivity index (χ1n) is 6.64. The lowest BCUT2D eigenvalue weighted by Crippen LogP contribution is -2.22. The van der Waals surface area contributed by atoms with E-state index in [1.807, 2.05) is 10.9 Å². The van der Waals surface area contributed by atoms with Gasteiger partial charge in [-0.25, -0.2) is 0 Å². The van der Waals surface area contributed by atoms with Crippen LogP contribution in [0.3, 0.4) is 0 Å². The Bertz CT molecular complexity index is 345. The van der Waals surface area contributed by atoms with Crippen LogP contribution in [0.1, 0.15) is 39.2 Å². The Morgan fingerprint density at radius 3 is 2.88 bits per heavy atom. The molecular weight excluding hydrogens is 212 g/mol. The minimum atomic E-state index is 0.436. The van der Waals surface area contributed by atoms with Gasteiger partial charge in [0.2, 0.25) is 0 Å². The quantitative estimate of drug-likeness (QED) is 0.874.